The van der Waals surface area contributed by atoms with Crippen molar-refractivity contribution in [1.82, 2.24) is 0 Å². The maximum Gasteiger partial charge on any atom is 0.146 e. The molecule has 0 bridgehead atoms. The number of nitrogens with one attached hydrogen (secondary N) is 1. The summed E-state index contributed by atoms with van der Waals surface area (Å²) in [7, 11) is 0. The molecule has 0 saturated carbocycles. The molecule has 0 spiro atoms. The van der Waals surface area contributed by atoms with E-state index in [-0.39, 0.29) is 11.2 Å². The molecule has 0 aliphatic carbocycles. The van der Waals surface area contributed by atoms with Gasteiger partial charge >= 0.3 is 0 Å². The third-order valence-electron chi connectivity index (χ3n) is 2.24. The number of anilines is 1. The van der Waals surface area contributed by atoms with Crippen molar-refractivity contribution in [3.63, 3.8) is 0 Å². The zero-order valence-corrected chi connectivity index (χ0v) is 9.05. The van der Waals surface area contributed by atoms with Gasteiger partial charge < -0.3 is 5.32 Å². The fraction of sp³-hybridized carbons (Fsp3) is 0.417. The number of nitriles is 1. The lowest BCUT2D eigenvalue weighted by Gasteiger charge is -2.15. The smallest absolute Gasteiger partial charge is 0.146 e. The van der Waals surface area contributed by atoms with Crippen LogP contribution < -0.4 is 5.32 Å². The number of nitrogens with zero attached hydrogens (tertiary/aromatic N) is 1. The summed E-state index contributed by atoms with van der Waals surface area (Å²) in [5.41, 5.74) is 0.129. The molecule has 1 rings (SSSR count). The summed E-state index contributed by atoms with van der Waals surface area (Å²) in [5.74, 6) is -0.257. The first-order valence-corrected chi connectivity index (χ1v) is 4.95. The summed E-state index contributed by atoms with van der Waals surface area (Å²) in [5, 5.41) is 11.8. The summed E-state index contributed by atoms with van der Waals surface area (Å²) in [6, 6.07) is 8.74. The van der Waals surface area contributed by atoms with Crippen molar-refractivity contribution >= 4 is 5.69 Å². The average molecular weight is 206 g/mol. The summed E-state index contributed by atoms with van der Waals surface area (Å²) in [6.45, 7) is 4.34. The van der Waals surface area contributed by atoms with Crippen molar-refractivity contribution in [2.24, 2.45) is 5.41 Å². The number of rotatable bonds is 4. The minimum absolute atomic E-state index is 0.257. The van der Waals surface area contributed by atoms with Crippen LogP contribution in [-0.2, 0) is 0 Å². The largest absolute Gasteiger partial charge is 0.383 e. The van der Waals surface area contributed by atoms with E-state index < -0.39 is 0 Å². The second-order valence-electron chi connectivity index (χ2n) is 4.15. The molecular weight excluding hydrogens is 191 g/mol. The van der Waals surface area contributed by atoms with E-state index in [1.165, 1.54) is 6.07 Å². The number of para-hydroxylation sites is 1. The van der Waals surface area contributed by atoms with E-state index in [4.69, 9.17) is 5.26 Å². The fourth-order valence-electron chi connectivity index (χ4n) is 1.17. The number of halogens is 1. The fourth-order valence-corrected chi connectivity index (χ4v) is 1.17. The highest BCUT2D eigenvalue weighted by molar-refractivity contribution is 5.44. The van der Waals surface area contributed by atoms with Gasteiger partial charge in [0, 0.05) is 6.54 Å². The number of benzene rings is 1. The highest BCUT2D eigenvalue weighted by atomic mass is 19.1. The molecule has 0 fully saturated rings. The number of hydrogen-bond acceptors (Lipinski definition) is 2. The molecule has 0 radical (unpaired) electrons. The summed E-state index contributed by atoms with van der Waals surface area (Å²) < 4.78 is 13.2. The minimum atomic E-state index is -0.363. The second kappa shape index (κ2) is 4.79. The van der Waals surface area contributed by atoms with Gasteiger partial charge in [-0.25, -0.2) is 4.39 Å². The Bertz CT molecular complexity index is 366. The Balaban J connectivity index is 2.46. The van der Waals surface area contributed by atoms with Crippen molar-refractivity contribution in [2.45, 2.75) is 20.3 Å². The summed E-state index contributed by atoms with van der Waals surface area (Å²) in [4.78, 5) is 0. The summed E-state index contributed by atoms with van der Waals surface area (Å²) >= 11 is 0. The molecule has 0 saturated heterocycles. The lowest BCUT2D eigenvalue weighted by atomic mass is 9.91. The van der Waals surface area contributed by atoms with E-state index in [0.717, 1.165) is 0 Å². The molecule has 80 valence electrons. The van der Waals surface area contributed by atoms with Gasteiger partial charge in [0.05, 0.1) is 17.2 Å². The Kier molecular flexibility index (Phi) is 3.68. The summed E-state index contributed by atoms with van der Waals surface area (Å²) in [6.07, 6.45) is 0.692. The number of hydrogen-bond donors (Lipinski definition) is 1. The van der Waals surface area contributed by atoms with E-state index >= 15 is 0 Å². The van der Waals surface area contributed by atoms with Gasteiger partial charge in [0.2, 0.25) is 0 Å². The Morgan fingerprint density at radius 3 is 2.67 bits per heavy atom. The van der Waals surface area contributed by atoms with Gasteiger partial charge in [-0.05, 0) is 32.4 Å². The maximum absolute atomic E-state index is 13.2. The Hall–Kier alpha value is -1.56. The molecule has 0 atom stereocenters. The first-order chi connectivity index (χ1) is 7.05. The van der Waals surface area contributed by atoms with Crippen LogP contribution in [0, 0.1) is 22.6 Å². The van der Waals surface area contributed by atoms with E-state index in [0.29, 0.717) is 18.7 Å². The highest BCUT2D eigenvalue weighted by Crippen LogP contribution is 2.19. The standard InChI is InChI=1S/C12H15FN2/c1-12(2,9-14)7-8-15-11-6-4-3-5-10(11)13/h3-6,15H,7-8H2,1-2H3. The highest BCUT2D eigenvalue weighted by Gasteiger charge is 2.15. The molecule has 3 heteroatoms. The van der Waals surface area contributed by atoms with E-state index in [1.807, 2.05) is 13.8 Å². The lowest BCUT2D eigenvalue weighted by molar-refractivity contribution is 0.466. The van der Waals surface area contributed by atoms with Crippen LogP contribution in [0.25, 0.3) is 0 Å². The average Bonchev–Trinajstić information content (AvgIpc) is 2.21. The molecule has 2 nitrogen and oxygen atoms in total. The Morgan fingerprint density at radius 2 is 2.07 bits per heavy atom. The van der Waals surface area contributed by atoms with Gasteiger partial charge in [-0.2, -0.15) is 5.26 Å². The molecule has 1 aromatic rings. The monoisotopic (exact) mass is 206 g/mol. The maximum atomic E-state index is 13.2. The molecule has 0 aromatic heterocycles. The zero-order valence-electron chi connectivity index (χ0n) is 9.05. The van der Waals surface area contributed by atoms with E-state index in [9.17, 15) is 4.39 Å². The molecule has 1 aromatic carbocycles. The SMILES string of the molecule is CC(C)(C#N)CCNc1ccccc1F. The van der Waals surface area contributed by atoms with Crippen molar-refractivity contribution < 1.29 is 4.39 Å². The Labute approximate surface area is 89.7 Å². The van der Waals surface area contributed by atoms with Gasteiger partial charge in [-0.3, -0.25) is 0 Å². The lowest BCUT2D eigenvalue weighted by Crippen LogP contribution is -2.15. The van der Waals surface area contributed by atoms with Gasteiger partial charge in [0.1, 0.15) is 5.82 Å². The van der Waals surface area contributed by atoms with Crippen LogP contribution in [0.4, 0.5) is 10.1 Å². The normalized spacial score (nSPS) is 10.8. The van der Waals surface area contributed by atoms with E-state index in [2.05, 4.69) is 11.4 Å². The van der Waals surface area contributed by atoms with Crippen LogP contribution in [0.2, 0.25) is 0 Å². The van der Waals surface area contributed by atoms with Gasteiger partial charge in [0.25, 0.3) is 0 Å². The van der Waals surface area contributed by atoms with Crippen molar-refractivity contribution in [3.8, 4) is 6.07 Å². The van der Waals surface area contributed by atoms with Gasteiger partial charge in [0.15, 0.2) is 0 Å². The molecule has 0 amide bonds. The van der Waals surface area contributed by atoms with Gasteiger partial charge in [-0.1, -0.05) is 12.1 Å². The van der Waals surface area contributed by atoms with Crippen LogP contribution in [0.5, 0.6) is 0 Å². The van der Waals surface area contributed by atoms with Crippen LogP contribution in [0.3, 0.4) is 0 Å². The van der Waals surface area contributed by atoms with E-state index in [1.54, 1.807) is 18.2 Å². The van der Waals surface area contributed by atoms with Crippen LogP contribution >= 0.6 is 0 Å². The quantitative estimate of drug-likeness (QED) is 0.821. The first kappa shape index (κ1) is 11.5. The van der Waals surface area contributed by atoms with Crippen molar-refractivity contribution in [3.05, 3.63) is 30.1 Å². The minimum Gasteiger partial charge on any atom is -0.383 e. The van der Waals surface area contributed by atoms with Crippen molar-refractivity contribution in [1.29, 1.82) is 5.26 Å². The molecular formula is C12H15FN2. The third kappa shape index (κ3) is 3.59. The molecule has 0 unspecified atom stereocenters. The topological polar surface area (TPSA) is 35.8 Å². The Morgan fingerprint density at radius 1 is 1.40 bits per heavy atom. The van der Waals surface area contributed by atoms with Crippen molar-refractivity contribution in [2.75, 3.05) is 11.9 Å². The zero-order chi connectivity index (χ0) is 11.3. The van der Waals surface area contributed by atoms with Crippen LogP contribution in [0.1, 0.15) is 20.3 Å². The predicted octanol–water partition coefficient (Wildman–Crippen LogP) is 3.18. The van der Waals surface area contributed by atoms with Crippen LogP contribution in [-0.4, -0.2) is 6.54 Å². The predicted molar refractivity (Wildman–Crippen MR) is 58.9 cm³/mol. The first-order valence-electron chi connectivity index (χ1n) is 4.95. The molecule has 0 aliphatic heterocycles. The van der Waals surface area contributed by atoms with Crippen LogP contribution in [0.15, 0.2) is 24.3 Å². The molecule has 0 aliphatic rings. The molecule has 1 N–H and O–H groups in total. The van der Waals surface area contributed by atoms with Gasteiger partial charge in [-0.15, -0.1) is 0 Å². The molecule has 15 heavy (non-hydrogen) atoms. The second-order valence-corrected chi connectivity index (χ2v) is 4.15. The third-order valence-corrected chi connectivity index (χ3v) is 2.24. The molecule has 0 heterocycles.